The minimum Gasteiger partial charge on any atom is -0.344 e. The maximum absolute atomic E-state index is 12.4. The summed E-state index contributed by atoms with van der Waals surface area (Å²) in [7, 11) is 0. The molecule has 25 heavy (non-hydrogen) atoms. The van der Waals surface area contributed by atoms with Crippen LogP contribution in [-0.2, 0) is 0 Å². The summed E-state index contributed by atoms with van der Waals surface area (Å²) in [5.41, 5.74) is 6.26. The second-order valence-corrected chi connectivity index (χ2v) is 6.07. The Morgan fingerprint density at radius 1 is 1.36 bits per heavy atom. The number of nitrogens with zero attached hydrogens (tertiary/aromatic N) is 3. The van der Waals surface area contributed by atoms with Gasteiger partial charge >= 0.3 is 0 Å². The summed E-state index contributed by atoms with van der Waals surface area (Å²) < 4.78 is 1.45. The largest absolute Gasteiger partial charge is 0.344 e. The summed E-state index contributed by atoms with van der Waals surface area (Å²) in [6.07, 6.45) is 5.47. The Kier molecular flexibility index (Phi) is 5.76. The quantitative estimate of drug-likeness (QED) is 0.622. The number of non-ortho nitro benzene ring substituents is 1. The topological polar surface area (TPSA) is 116 Å². The van der Waals surface area contributed by atoms with Crippen molar-refractivity contribution in [3.8, 4) is 5.69 Å². The smallest absolute Gasteiger partial charge is 0.272 e. The molecule has 0 spiro atoms. The van der Waals surface area contributed by atoms with Crippen LogP contribution in [0, 0.1) is 10.1 Å². The molecular formula is C16H20ClN5O3. The first-order valence-electron chi connectivity index (χ1n) is 7.86. The molecule has 1 amide bonds. The maximum atomic E-state index is 12.4. The molecule has 3 rings (SSSR count). The van der Waals surface area contributed by atoms with Gasteiger partial charge in [0.05, 0.1) is 16.1 Å². The first-order valence-corrected chi connectivity index (χ1v) is 7.86. The lowest BCUT2D eigenvalue weighted by molar-refractivity contribution is -0.384. The number of benzene rings is 1. The normalized spacial score (nSPS) is 15.4. The van der Waals surface area contributed by atoms with Crippen LogP contribution in [0.1, 0.15) is 36.2 Å². The van der Waals surface area contributed by atoms with Crippen LogP contribution in [0.15, 0.2) is 36.5 Å². The van der Waals surface area contributed by atoms with Crippen molar-refractivity contribution in [3.63, 3.8) is 0 Å². The summed E-state index contributed by atoms with van der Waals surface area (Å²) in [5, 5.41) is 18.1. The van der Waals surface area contributed by atoms with Crippen molar-refractivity contribution in [1.29, 1.82) is 0 Å². The van der Waals surface area contributed by atoms with Gasteiger partial charge in [0.2, 0.25) is 0 Å². The SMILES string of the molecule is Cl.NCC1(NC(=O)c2ccn(-c3cccc([N+](=O)[O-])c3)n2)CCCC1. The molecule has 1 saturated carbocycles. The molecule has 0 radical (unpaired) electrons. The predicted octanol–water partition coefficient (Wildman–Crippen LogP) is 2.20. The van der Waals surface area contributed by atoms with Crippen LogP contribution in [0.5, 0.6) is 0 Å². The molecule has 1 aliphatic carbocycles. The van der Waals surface area contributed by atoms with E-state index in [1.54, 1.807) is 24.4 Å². The van der Waals surface area contributed by atoms with E-state index < -0.39 is 4.92 Å². The summed E-state index contributed by atoms with van der Waals surface area (Å²) in [6, 6.07) is 7.68. The number of carbonyl (C=O) groups is 1. The Morgan fingerprint density at radius 3 is 2.72 bits per heavy atom. The second-order valence-electron chi connectivity index (χ2n) is 6.07. The van der Waals surface area contributed by atoms with E-state index in [2.05, 4.69) is 10.4 Å². The third-order valence-corrected chi connectivity index (χ3v) is 4.46. The molecule has 1 heterocycles. The van der Waals surface area contributed by atoms with Gasteiger partial charge in [0.1, 0.15) is 0 Å². The summed E-state index contributed by atoms with van der Waals surface area (Å²) in [6.45, 7) is 0.407. The van der Waals surface area contributed by atoms with Gasteiger partial charge in [-0.25, -0.2) is 4.68 Å². The number of carbonyl (C=O) groups excluding carboxylic acids is 1. The number of nitro benzene ring substituents is 1. The van der Waals surface area contributed by atoms with E-state index in [9.17, 15) is 14.9 Å². The molecule has 1 aromatic carbocycles. The van der Waals surface area contributed by atoms with E-state index in [0.29, 0.717) is 12.2 Å². The van der Waals surface area contributed by atoms with Gasteiger partial charge in [0, 0.05) is 24.9 Å². The van der Waals surface area contributed by atoms with Crippen molar-refractivity contribution >= 4 is 24.0 Å². The average molecular weight is 366 g/mol. The highest BCUT2D eigenvalue weighted by Crippen LogP contribution is 2.28. The first-order chi connectivity index (χ1) is 11.5. The molecule has 1 aromatic heterocycles. The highest BCUT2D eigenvalue weighted by molar-refractivity contribution is 5.92. The number of hydrogen-bond donors (Lipinski definition) is 2. The number of nitrogens with two attached hydrogens (primary N) is 1. The van der Waals surface area contributed by atoms with Gasteiger partial charge in [0.15, 0.2) is 5.69 Å². The van der Waals surface area contributed by atoms with Crippen LogP contribution in [0.2, 0.25) is 0 Å². The number of nitro groups is 1. The van der Waals surface area contributed by atoms with Crippen molar-refractivity contribution in [1.82, 2.24) is 15.1 Å². The second kappa shape index (κ2) is 7.62. The van der Waals surface area contributed by atoms with Crippen LogP contribution in [0.25, 0.3) is 5.69 Å². The molecule has 1 fully saturated rings. The van der Waals surface area contributed by atoms with Crippen LogP contribution < -0.4 is 11.1 Å². The highest BCUT2D eigenvalue weighted by atomic mass is 35.5. The van der Waals surface area contributed by atoms with E-state index in [4.69, 9.17) is 5.73 Å². The fourth-order valence-electron chi connectivity index (χ4n) is 3.07. The van der Waals surface area contributed by atoms with E-state index in [0.717, 1.165) is 25.7 Å². The van der Waals surface area contributed by atoms with Gasteiger partial charge in [-0.2, -0.15) is 5.10 Å². The lowest BCUT2D eigenvalue weighted by Gasteiger charge is -2.28. The Balaban J connectivity index is 0.00000225. The number of nitrogens with one attached hydrogen (secondary N) is 1. The van der Waals surface area contributed by atoms with Gasteiger partial charge in [-0.1, -0.05) is 18.9 Å². The minimum atomic E-state index is -0.467. The predicted molar refractivity (Wildman–Crippen MR) is 95.2 cm³/mol. The molecule has 1 aliphatic rings. The number of hydrogen-bond acceptors (Lipinski definition) is 5. The number of aromatic nitrogens is 2. The Labute approximate surface area is 151 Å². The average Bonchev–Trinajstić information content (AvgIpc) is 3.25. The molecule has 3 N–H and O–H groups in total. The lowest BCUT2D eigenvalue weighted by atomic mass is 9.97. The van der Waals surface area contributed by atoms with Gasteiger partial charge in [-0.05, 0) is 25.0 Å². The van der Waals surface area contributed by atoms with Gasteiger partial charge < -0.3 is 11.1 Å². The van der Waals surface area contributed by atoms with Gasteiger partial charge in [-0.3, -0.25) is 14.9 Å². The van der Waals surface area contributed by atoms with Crippen molar-refractivity contribution in [2.24, 2.45) is 5.73 Å². The van der Waals surface area contributed by atoms with Crippen LogP contribution in [0.3, 0.4) is 0 Å². The summed E-state index contributed by atoms with van der Waals surface area (Å²) >= 11 is 0. The fourth-order valence-corrected chi connectivity index (χ4v) is 3.07. The molecule has 9 heteroatoms. The third kappa shape index (κ3) is 3.97. The Morgan fingerprint density at radius 2 is 2.08 bits per heavy atom. The molecule has 8 nitrogen and oxygen atoms in total. The fraction of sp³-hybridized carbons (Fsp3) is 0.375. The van der Waals surface area contributed by atoms with E-state index >= 15 is 0 Å². The highest BCUT2D eigenvalue weighted by Gasteiger charge is 2.34. The summed E-state index contributed by atoms with van der Waals surface area (Å²) in [4.78, 5) is 22.8. The number of halogens is 1. The molecule has 0 atom stereocenters. The minimum absolute atomic E-state index is 0. The van der Waals surface area contributed by atoms with Crippen molar-refractivity contribution in [2.75, 3.05) is 6.54 Å². The monoisotopic (exact) mass is 365 g/mol. The molecule has 0 saturated heterocycles. The zero-order chi connectivity index (χ0) is 17.2. The van der Waals surface area contributed by atoms with Gasteiger partial charge in [0.25, 0.3) is 11.6 Å². The van der Waals surface area contributed by atoms with Crippen molar-refractivity contribution in [3.05, 3.63) is 52.3 Å². The maximum Gasteiger partial charge on any atom is 0.272 e. The standard InChI is InChI=1S/C16H19N5O3.ClH/c17-11-16(7-1-2-8-16)18-15(22)14-6-9-20(19-14)12-4-3-5-13(10-12)21(23)24;/h3-6,9-10H,1-2,7-8,11,17H2,(H,18,22);1H. The van der Waals surface area contributed by atoms with E-state index in [1.165, 1.54) is 16.8 Å². The summed E-state index contributed by atoms with van der Waals surface area (Å²) in [5.74, 6) is -0.272. The zero-order valence-corrected chi connectivity index (χ0v) is 14.4. The van der Waals surface area contributed by atoms with Crippen LogP contribution in [0.4, 0.5) is 5.69 Å². The molecule has 2 aromatic rings. The molecule has 0 bridgehead atoms. The Bertz CT molecular complexity index is 771. The van der Waals surface area contributed by atoms with Crippen LogP contribution in [-0.4, -0.2) is 32.7 Å². The molecular weight excluding hydrogens is 346 g/mol. The van der Waals surface area contributed by atoms with Crippen molar-refractivity contribution in [2.45, 2.75) is 31.2 Å². The van der Waals surface area contributed by atoms with Crippen LogP contribution >= 0.6 is 12.4 Å². The van der Waals surface area contributed by atoms with E-state index in [1.807, 2.05) is 0 Å². The van der Waals surface area contributed by atoms with E-state index in [-0.39, 0.29) is 35.2 Å². The zero-order valence-electron chi connectivity index (χ0n) is 13.6. The van der Waals surface area contributed by atoms with Gasteiger partial charge in [-0.15, -0.1) is 12.4 Å². The Hall–Kier alpha value is -2.45. The molecule has 0 aliphatic heterocycles. The molecule has 0 unspecified atom stereocenters. The number of rotatable bonds is 5. The first kappa shape index (κ1) is 18.9. The third-order valence-electron chi connectivity index (χ3n) is 4.46. The number of amides is 1. The lowest BCUT2D eigenvalue weighted by Crippen LogP contribution is -2.51. The molecule has 134 valence electrons. The van der Waals surface area contributed by atoms with Crippen molar-refractivity contribution < 1.29 is 9.72 Å².